The number of carbonyl (C=O) groups is 1. The predicted molar refractivity (Wildman–Crippen MR) is 79.0 cm³/mol. The first-order valence-electron chi connectivity index (χ1n) is 5.53. The van der Waals surface area contributed by atoms with Crippen molar-refractivity contribution in [1.82, 2.24) is 10.2 Å². The van der Waals surface area contributed by atoms with E-state index in [1.807, 2.05) is 27.9 Å². The van der Waals surface area contributed by atoms with E-state index in [2.05, 4.69) is 11.2 Å². The number of thioether (sulfide) groups is 1. The molecule has 17 heavy (non-hydrogen) atoms. The van der Waals surface area contributed by atoms with Crippen molar-refractivity contribution in [2.45, 2.75) is 32.2 Å². The fraction of sp³-hybridized carbons (Fsp3) is 0.667. The van der Waals surface area contributed by atoms with Gasteiger partial charge in [0.15, 0.2) is 0 Å². The molecule has 0 rings (SSSR count). The maximum Gasteiger partial charge on any atom is 0.231 e. The third-order valence-corrected chi connectivity index (χ3v) is 4.29. The summed E-state index contributed by atoms with van der Waals surface area (Å²) in [6.07, 6.45) is 6.94. The molecule has 0 atom stereocenters. The van der Waals surface area contributed by atoms with Crippen LogP contribution < -0.4 is 5.32 Å². The van der Waals surface area contributed by atoms with E-state index in [1.54, 1.807) is 4.90 Å². The van der Waals surface area contributed by atoms with Crippen LogP contribution >= 0.6 is 24.0 Å². The lowest BCUT2D eigenvalue weighted by Crippen LogP contribution is -2.47. The molecule has 0 radical (unpaired) electrons. The second kappa shape index (κ2) is 7.57. The van der Waals surface area contributed by atoms with Crippen LogP contribution in [0.1, 0.15) is 26.7 Å². The molecule has 96 valence electrons. The van der Waals surface area contributed by atoms with E-state index in [0.29, 0.717) is 10.1 Å². The van der Waals surface area contributed by atoms with Gasteiger partial charge in [-0.25, -0.2) is 0 Å². The average molecular weight is 272 g/mol. The molecule has 0 aromatic rings. The molecule has 0 saturated heterocycles. The van der Waals surface area contributed by atoms with Crippen molar-refractivity contribution in [3.63, 3.8) is 0 Å². The predicted octanol–water partition coefficient (Wildman–Crippen LogP) is 1.87. The van der Waals surface area contributed by atoms with Crippen LogP contribution in [0.15, 0.2) is 0 Å². The van der Waals surface area contributed by atoms with Crippen molar-refractivity contribution < 1.29 is 4.79 Å². The van der Waals surface area contributed by atoms with Crippen LogP contribution in [0.3, 0.4) is 0 Å². The second-order valence-electron chi connectivity index (χ2n) is 3.93. The lowest BCUT2D eigenvalue weighted by Gasteiger charge is -2.27. The summed E-state index contributed by atoms with van der Waals surface area (Å²) >= 11 is 6.43. The smallest absolute Gasteiger partial charge is 0.231 e. The number of nitrogens with zero attached hydrogens (tertiary/aromatic N) is 1. The number of hydrogen-bond acceptors (Lipinski definition) is 3. The topological polar surface area (TPSA) is 32.3 Å². The van der Waals surface area contributed by atoms with Crippen molar-refractivity contribution in [3.05, 3.63) is 0 Å². The zero-order valence-electron chi connectivity index (χ0n) is 10.9. The van der Waals surface area contributed by atoms with Gasteiger partial charge in [0.25, 0.3) is 0 Å². The lowest BCUT2D eigenvalue weighted by molar-refractivity contribution is -0.119. The standard InChI is InChI=1S/C12H20N2OS2/c1-6-12(7-2,8-3)13-10(15)9-17-11(16)14(4)5/h1H,7-9H2,2-5H3,(H,13,15). The Labute approximate surface area is 114 Å². The molecule has 0 heterocycles. The molecule has 0 aliphatic heterocycles. The minimum Gasteiger partial charge on any atom is -0.364 e. The van der Waals surface area contributed by atoms with Crippen molar-refractivity contribution in [2.24, 2.45) is 0 Å². The molecule has 1 N–H and O–H groups in total. The van der Waals surface area contributed by atoms with Crippen LogP contribution in [0, 0.1) is 12.3 Å². The summed E-state index contributed by atoms with van der Waals surface area (Å²) in [4.78, 5) is 13.6. The number of terminal acetylenes is 1. The summed E-state index contributed by atoms with van der Waals surface area (Å²) in [7, 11) is 3.72. The summed E-state index contributed by atoms with van der Waals surface area (Å²) in [6, 6.07) is 0. The Morgan fingerprint density at radius 3 is 2.35 bits per heavy atom. The zero-order valence-corrected chi connectivity index (χ0v) is 12.5. The van der Waals surface area contributed by atoms with Crippen LogP contribution in [0.5, 0.6) is 0 Å². The highest BCUT2D eigenvalue weighted by atomic mass is 32.2. The Hall–Kier alpha value is -0.730. The van der Waals surface area contributed by atoms with Gasteiger partial charge in [0.2, 0.25) is 5.91 Å². The fourth-order valence-electron chi connectivity index (χ4n) is 1.23. The first-order chi connectivity index (χ1) is 7.90. The summed E-state index contributed by atoms with van der Waals surface area (Å²) in [5, 5.41) is 2.90. The molecular weight excluding hydrogens is 252 g/mol. The molecule has 0 fully saturated rings. The van der Waals surface area contributed by atoms with Crippen LogP contribution in [0.2, 0.25) is 0 Å². The van der Waals surface area contributed by atoms with Crippen LogP contribution in [-0.4, -0.2) is 40.5 Å². The fourth-order valence-corrected chi connectivity index (χ4v) is 1.99. The van der Waals surface area contributed by atoms with Crippen molar-refractivity contribution in [1.29, 1.82) is 0 Å². The van der Waals surface area contributed by atoms with Crippen LogP contribution in [0.25, 0.3) is 0 Å². The zero-order chi connectivity index (χ0) is 13.5. The second-order valence-corrected chi connectivity index (χ2v) is 5.54. The Bertz CT molecular complexity index is 317. The summed E-state index contributed by atoms with van der Waals surface area (Å²) in [5.74, 6) is 2.91. The third-order valence-electron chi connectivity index (χ3n) is 2.55. The molecular formula is C12H20N2OS2. The molecule has 0 aromatic heterocycles. The number of nitrogens with one attached hydrogen (secondary N) is 1. The van der Waals surface area contributed by atoms with Gasteiger partial charge < -0.3 is 10.2 Å². The largest absolute Gasteiger partial charge is 0.364 e. The molecule has 0 bridgehead atoms. The van der Waals surface area contributed by atoms with Gasteiger partial charge >= 0.3 is 0 Å². The first-order valence-corrected chi connectivity index (χ1v) is 6.93. The van der Waals surface area contributed by atoms with E-state index in [4.69, 9.17) is 18.6 Å². The quantitative estimate of drug-likeness (QED) is 0.612. The minimum absolute atomic E-state index is 0.0687. The Kier molecular flexibility index (Phi) is 7.24. The van der Waals surface area contributed by atoms with E-state index in [1.165, 1.54) is 11.8 Å². The van der Waals surface area contributed by atoms with Crippen LogP contribution in [0.4, 0.5) is 0 Å². The number of thiocarbonyl (C=S) groups is 1. The van der Waals surface area contributed by atoms with Gasteiger partial charge in [0.1, 0.15) is 9.86 Å². The monoisotopic (exact) mass is 272 g/mol. The number of carbonyl (C=O) groups excluding carboxylic acids is 1. The summed E-state index contributed by atoms with van der Waals surface area (Å²) < 4.78 is 0.694. The summed E-state index contributed by atoms with van der Waals surface area (Å²) in [5.41, 5.74) is -0.516. The van der Waals surface area contributed by atoms with E-state index in [-0.39, 0.29) is 5.91 Å². The molecule has 0 unspecified atom stereocenters. The highest BCUT2D eigenvalue weighted by molar-refractivity contribution is 8.23. The van der Waals surface area contributed by atoms with E-state index >= 15 is 0 Å². The van der Waals surface area contributed by atoms with Gasteiger partial charge in [0, 0.05) is 14.1 Å². The van der Waals surface area contributed by atoms with E-state index < -0.39 is 5.54 Å². The maximum absolute atomic E-state index is 11.8. The average Bonchev–Trinajstić information content (AvgIpc) is 2.33. The molecule has 5 heteroatoms. The SMILES string of the molecule is C#CC(CC)(CC)NC(=O)CSC(=S)N(C)C. The first kappa shape index (κ1) is 16.3. The van der Waals surface area contributed by atoms with Crippen LogP contribution in [-0.2, 0) is 4.79 Å². The maximum atomic E-state index is 11.8. The Morgan fingerprint density at radius 1 is 1.47 bits per heavy atom. The normalized spacial score (nSPS) is 10.5. The van der Waals surface area contributed by atoms with Gasteiger partial charge in [-0.15, -0.1) is 6.42 Å². The molecule has 0 spiro atoms. The molecule has 0 aliphatic carbocycles. The van der Waals surface area contributed by atoms with Gasteiger partial charge in [0.05, 0.1) is 5.75 Å². The van der Waals surface area contributed by atoms with Gasteiger partial charge in [-0.05, 0) is 12.8 Å². The van der Waals surface area contributed by atoms with Crippen molar-refractivity contribution in [2.75, 3.05) is 19.8 Å². The molecule has 0 aromatic carbocycles. The van der Waals surface area contributed by atoms with Crippen molar-refractivity contribution in [3.8, 4) is 12.3 Å². The molecule has 0 aliphatic rings. The highest BCUT2D eigenvalue weighted by Crippen LogP contribution is 2.14. The third kappa shape index (κ3) is 5.42. The molecule has 1 amide bonds. The minimum atomic E-state index is -0.516. The van der Waals surface area contributed by atoms with E-state index in [0.717, 1.165) is 12.8 Å². The number of rotatable bonds is 5. The Morgan fingerprint density at radius 2 is 2.00 bits per heavy atom. The highest BCUT2D eigenvalue weighted by Gasteiger charge is 2.25. The number of amides is 1. The lowest BCUT2D eigenvalue weighted by atomic mass is 9.94. The molecule has 3 nitrogen and oxygen atoms in total. The Balaban J connectivity index is 4.27. The van der Waals surface area contributed by atoms with Gasteiger partial charge in [-0.2, -0.15) is 0 Å². The number of hydrogen-bond donors (Lipinski definition) is 1. The summed E-state index contributed by atoms with van der Waals surface area (Å²) in [6.45, 7) is 3.95. The molecule has 0 saturated carbocycles. The van der Waals surface area contributed by atoms with Gasteiger partial charge in [-0.3, -0.25) is 4.79 Å². The van der Waals surface area contributed by atoms with E-state index in [9.17, 15) is 4.79 Å². The van der Waals surface area contributed by atoms with Crippen molar-refractivity contribution >= 4 is 34.2 Å². The van der Waals surface area contributed by atoms with Gasteiger partial charge in [-0.1, -0.05) is 43.7 Å².